The minimum absolute atomic E-state index is 0.0598. The summed E-state index contributed by atoms with van der Waals surface area (Å²) < 4.78 is 11.0. The van der Waals surface area contributed by atoms with Crippen molar-refractivity contribution in [2.75, 3.05) is 46.0 Å². The van der Waals surface area contributed by atoms with Crippen molar-refractivity contribution >= 4 is 5.91 Å². The van der Waals surface area contributed by atoms with Crippen molar-refractivity contribution in [2.45, 2.75) is 38.1 Å². The van der Waals surface area contributed by atoms with Gasteiger partial charge in [-0.05, 0) is 43.0 Å². The molecule has 25 heavy (non-hydrogen) atoms. The van der Waals surface area contributed by atoms with E-state index in [0.29, 0.717) is 19.1 Å². The molecule has 5 nitrogen and oxygen atoms in total. The van der Waals surface area contributed by atoms with E-state index in [1.165, 1.54) is 17.5 Å². The highest BCUT2D eigenvalue weighted by Gasteiger charge is 2.32. The third-order valence-electron chi connectivity index (χ3n) is 5.66. The van der Waals surface area contributed by atoms with E-state index in [1.807, 2.05) is 4.90 Å². The number of benzene rings is 1. The van der Waals surface area contributed by atoms with Gasteiger partial charge >= 0.3 is 0 Å². The molecule has 1 aromatic carbocycles. The number of carbonyl (C=O) groups is 1. The van der Waals surface area contributed by atoms with Crippen LogP contribution in [0.4, 0.5) is 0 Å². The maximum absolute atomic E-state index is 12.9. The molecule has 3 aliphatic heterocycles. The predicted molar refractivity (Wildman–Crippen MR) is 96.0 cm³/mol. The second-order valence-electron chi connectivity index (χ2n) is 7.28. The number of amides is 1. The first-order valence-corrected chi connectivity index (χ1v) is 9.66. The Hall–Kier alpha value is -1.59. The van der Waals surface area contributed by atoms with Gasteiger partial charge in [0, 0.05) is 26.1 Å². The van der Waals surface area contributed by atoms with Crippen molar-refractivity contribution in [3.05, 3.63) is 29.3 Å². The smallest absolute Gasteiger partial charge is 0.240 e. The monoisotopic (exact) mass is 344 g/mol. The van der Waals surface area contributed by atoms with Crippen molar-refractivity contribution in [2.24, 2.45) is 0 Å². The van der Waals surface area contributed by atoms with Crippen LogP contribution in [0.1, 0.15) is 30.4 Å². The largest absolute Gasteiger partial charge is 0.493 e. The van der Waals surface area contributed by atoms with Crippen LogP contribution in [0.25, 0.3) is 0 Å². The van der Waals surface area contributed by atoms with Gasteiger partial charge < -0.3 is 14.4 Å². The molecule has 3 heterocycles. The lowest BCUT2D eigenvalue weighted by Gasteiger charge is -2.38. The van der Waals surface area contributed by atoms with Crippen LogP contribution in [0.15, 0.2) is 18.2 Å². The zero-order valence-electron chi connectivity index (χ0n) is 14.9. The third-order valence-corrected chi connectivity index (χ3v) is 5.66. The summed E-state index contributed by atoms with van der Waals surface area (Å²) in [6.45, 7) is 5.64. The molecule has 0 bridgehead atoms. The zero-order valence-corrected chi connectivity index (χ0v) is 14.9. The summed E-state index contributed by atoms with van der Waals surface area (Å²) >= 11 is 0. The fraction of sp³-hybridized carbons (Fsp3) is 0.650. The molecule has 0 aromatic heterocycles. The Morgan fingerprint density at radius 3 is 2.88 bits per heavy atom. The van der Waals surface area contributed by atoms with Crippen LogP contribution < -0.4 is 4.74 Å². The van der Waals surface area contributed by atoms with Gasteiger partial charge in [0.05, 0.1) is 25.9 Å². The molecular weight excluding hydrogens is 316 g/mol. The molecule has 136 valence electrons. The SMILES string of the molecule is O=C(C1CCCCN1CCc1ccc2c(c1)CCO2)N1CCOCC1. The average molecular weight is 344 g/mol. The molecule has 0 N–H and O–H groups in total. The fourth-order valence-electron chi connectivity index (χ4n) is 4.20. The highest BCUT2D eigenvalue weighted by Crippen LogP contribution is 2.26. The van der Waals surface area contributed by atoms with Gasteiger partial charge in [-0.25, -0.2) is 0 Å². The van der Waals surface area contributed by atoms with Gasteiger partial charge in [-0.3, -0.25) is 9.69 Å². The highest BCUT2D eigenvalue weighted by atomic mass is 16.5. The van der Waals surface area contributed by atoms with Crippen LogP contribution in [-0.2, 0) is 22.4 Å². The first-order chi connectivity index (χ1) is 12.3. The van der Waals surface area contributed by atoms with Crippen LogP contribution in [0.2, 0.25) is 0 Å². The van der Waals surface area contributed by atoms with Gasteiger partial charge in [0.2, 0.25) is 5.91 Å². The first kappa shape index (κ1) is 16.9. The van der Waals surface area contributed by atoms with Crippen LogP contribution in [0, 0.1) is 0 Å². The maximum atomic E-state index is 12.9. The van der Waals surface area contributed by atoms with Gasteiger partial charge in [0.25, 0.3) is 0 Å². The number of fused-ring (bicyclic) bond motifs is 1. The Labute approximate surface area is 149 Å². The van der Waals surface area contributed by atoms with E-state index in [4.69, 9.17) is 9.47 Å². The van der Waals surface area contributed by atoms with Crippen molar-refractivity contribution in [3.63, 3.8) is 0 Å². The quantitative estimate of drug-likeness (QED) is 0.836. The second-order valence-corrected chi connectivity index (χ2v) is 7.28. The lowest BCUT2D eigenvalue weighted by molar-refractivity contribution is -0.142. The maximum Gasteiger partial charge on any atom is 0.240 e. The van der Waals surface area contributed by atoms with Crippen LogP contribution in [-0.4, -0.2) is 67.7 Å². The second kappa shape index (κ2) is 7.75. The number of rotatable bonds is 4. The van der Waals surface area contributed by atoms with E-state index < -0.39 is 0 Å². The van der Waals surface area contributed by atoms with E-state index in [1.54, 1.807) is 0 Å². The molecule has 3 aliphatic rings. The van der Waals surface area contributed by atoms with Gasteiger partial charge in [-0.15, -0.1) is 0 Å². The standard InChI is InChI=1S/C20H28N2O3/c23-20(22-10-13-24-14-11-22)18-3-1-2-8-21(18)9-6-16-4-5-19-17(15-16)7-12-25-19/h4-5,15,18H,1-3,6-14H2. The Balaban J connectivity index is 1.38. The first-order valence-electron chi connectivity index (χ1n) is 9.66. The average Bonchev–Trinajstić information content (AvgIpc) is 3.14. The number of piperidine rings is 1. The molecule has 0 radical (unpaired) electrons. The molecule has 0 aliphatic carbocycles. The Morgan fingerprint density at radius 2 is 2.00 bits per heavy atom. The number of carbonyl (C=O) groups excluding carboxylic acids is 1. The summed E-state index contributed by atoms with van der Waals surface area (Å²) in [4.78, 5) is 17.3. The van der Waals surface area contributed by atoms with Crippen molar-refractivity contribution in [1.29, 1.82) is 0 Å². The lowest BCUT2D eigenvalue weighted by atomic mass is 9.99. The van der Waals surface area contributed by atoms with Crippen LogP contribution in [0.3, 0.4) is 0 Å². The Morgan fingerprint density at radius 1 is 1.12 bits per heavy atom. The summed E-state index contributed by atoms with van der Waals surface area (Å²) in [6, 6.07) is 6.62. The summed E-state index contributed by atoms with van der Waals surface area (Å²) in [7, 11) is 0. The number of ether oxygens (including phenoxy) is 2. The molecule has 0 spiro atoms. The molecule has 4 rings (SSSR count). The van der Waals surface area contributed by atoms with Crippen molar-refractivity contribution in [3.8, 4) is 5.75 Å². The predicted octanol–water partition coefficient (Wildman–Crippen LogP) is 1.88. The van der Waals surface area contributed by atoms with Crippen LogP contribution >= 0.6 is 0 Å². The molecule has 2 saturated heterocycles. The van der Waals surface area contributed by atoms with Gasteiger partial charge in [0.15, 0.2) is 0 Å². The summed E-state index contributed by atoms with van der Waals surface area (Å²) in [5.41, 5.74) is 2.68. The van der Waals surface area contributed by atoms with Crippen molar-refractivity contribution in [1.82, 2.24) is 9.80 Å². The van der Waals surface area contributed by atoms with E-state index in [0.717, 1.165) is 64.2 Å². The normalized spacial score (nSPS) is 24.0. The Bertz CT molecular complexity index is 613. The third kappa shape index (κ3) is 3.82. The molecule has 2 fully saturated rings. The molecule has 1 amide bonds. The summed E-state index contributed by atoms with van der Waals surface area (Å²) in [5.74, 6) is 1.35. The van der Waals surface area contributed by atoms with Gasteiger partial charge in [-0.2, -0.15) is 0 Å². The number of likely N-dealkylation sites (tertiary alicyclic amines) is 1. The van der Waals surface area contributed by atoms with E-state index >= 15 is 0 Å². The molecule has 1 atom stereocenters. The van der Waals surface area contributed by atoms with Crippen LogP contribution in [0.5, 0.6) is 5.75 Å². The van der Waals surface area contributed by atoms with E-state index in [-0.39, 0.29) is 6.04 Å². The molecule has 1 unspecified atom stereocenters. The molecule has 5 heteroatoms. The Kier molecular flexibility index (Phi) is 5.22. The number of nitrogens with zero attached hydrogens (tertiary/aromatic N) is 2. The topological polar surface area (TPSA) is 42.0 Å². The van der Waals surface area contributed by atoms with E-state index in [2.05, 4.69) is 23.1 Å². The van der Waals surface area contributed by atoms with Crippen molar-refractivity contribution < 1.29 is 14.3 Å². The summed E-state index contributed by atoms with van der Waals surface area (Å²) in [6.07, 6.45) is 5.37. The summed E-state index contributed by atoms with van der Waals surface area (Å²) in [5, 5.41) is 0. The minimum atomic E-state index is 0.0598. The minimum Gasteiger partial charge on any atom is -0.493 e. The molecule has 0 saturated carbocycles. The highest BCUT2D eigenvalue weighted by molar-refractivity contribution is 5.82. The zero-order chi connectivity index (χ0) is 17.1. The fourth-order valence-corrected chi connectivity index (χ4v) is 4.20. The van der Waals surface area contributed by atoms with Gasteiger partial charge in [0.1, 0.15) is 5.75 Å². The number of morpholine rings is 1. The number of hydrogen-bond donors (Lipinski definition) is 0. The molecular formula is C20H28N2O3. The van der Waals surface area contributed by atoms with E-state index in [9.17, 15) is 4.79 Å². The van der Waals surface area contributed by atoms with Gasteiger partial charge in [-0.1, -0.05) is 18.6 Å². The molecule has 1 aromatic rings. The lowest BCUT2D eigenvalue weighted by Crippen LogP contribution is -2.53. The number of hydrogen-bond acceptors (Lipinski definition) is 4.